The normalized spacial score (nSPS) is 13.8. The second kappa shape index (κ2) is 6.35. The second-order valence-corrected chi connectivity index (χ2v) is 4.18. The highest BCUT2D eigenvalue weighted by Crippen LogP contribution is 2.21. The summed E-state index contributed by atoms with van der Waals surface area (Å²) in [5.74, 6) is 0.0310. The van der Waals surface area contributed by atoms with Crippen LogP contribution in [0.2, 0.25) is 0 Å². The Balaban J connectivity index is 2.79. The van der Waals surface area contributed by atoms with E-state index in [0.29, 0.717) is 24.4 Å². The van der Waals surface area contributed by atoms with Crippen molar-refractivity contribution in [1.29, 1.82) is 0 Å². The molecule has 1 aromatic heterocycles. The van der Waals surface area contributed by atoms with E-state index in [1.54, 1.807) is 25.3 Å². The smallest absolute Gasteiger partial charge is 0.256 e. The second-order valence-electron chi connectivity index (χ2n) is 4.18. The molecule has 0 radical (unpaired) electrons. The Hall–Kier alpha value is -1.62. The quantitative estimate of drug-likeness (QED) is 0.812. The zero-order valence-electron chi connectivity index (χ0n) is 11.1. The average molecular weight is 252 g/mol. The van der Waals surface area contributed by atoms with E-state index in [2.05, 4.69) is 10.3 Å². The molecule has 0 spiro atoms. The molecule has 0 aliphatic heterocycles. The first-order valence-corrected chi connectivity index (χ1v) is 6.09. The van der Waals surface area contributed by atoms with Crippen molar-refractivity contribution in [2.24, 2.45) is 0 Å². The van der Waals surface area contributed by atoms with Crippen LogP contribution in [0.3, 0.4) is 0 Å². The Labute approximate surface area is 107 Å². The Morgan fingerprint density at radius 1 is 1.56 bits per heavy atom. The number of hydrogen-bond donors (Lipinski definition) is 2. The lowest BCUT2D eigenvalue weighted by molar-refractivity contribution is -0.135. The van der Waals surface area contributed by atoms with E-state index in [1.807, 2.05) is 6.92 Å². The van der Waals surface area contributed by atoms with Gasteiger partial charge in [0.25, 0.3) is 5.91 Å². The van der Waals surface area contributed by atoms with Crippen LogP contribution >= 0.6 is 0 Å². The van der Waals surface area contributed by atoms with E-state index in [4.69, 9.17) is 4.74 Å². The fourth-order valence-corrected chi connectivity index (χ4v) is 1.71. The largest absolute Gasteiger partial charge is 0.481 e. The van der Waals surface area contributed by atoms with Crippen molar-refractivity contribution in [3.63, 3.8) is 0 Å². The third-order valence-corrected chi connectivity index (χ3v) is 2.87. The minimum atomic E-state index is -1.31. The van der Waals surface area contributed by atoms with E-state index in [1.165, 1.54) is 7.11 Å². The van der Waals surface area contributed by atoms with Crippen LogP contribution < -0.4 is 10.1 Å². The SMILES string of the molecule is CCCC(O)(CC)C(=O)Nc1ccnc(OC)c1. The van der Waals surface area contributed by atoms with Crippen molar-refractivity contribution >= 4 is 11.6 Å². The minimum Gasteiger partial charge on any atom is -0.481 e. The Bertz CT molecular complexity index is 409. The molecule has 5 heteroatoms. The summed E-state index contributed by atoms with van der Waals surface area (Å²) in [6.45, 7) is 3.73. The molecule has 100 valence electrons. The van der Waals surface area contributed by atoms with Gasteiger partial charge in [0.1, 0.15) is 5.60 Å². The van der Waals surface area contributed by atoms with Crippen LogP contribution in [0, 0.1) is 0 Å². The van der Waals surface area contributed by atoms with Crippen LogP contribution in [-0.2, 0) is 4.79 Å². The summed E-state index contributed by atoms with van der Waals surface area (Å²) >= 11 is 0. The maximum atomic E-state index is 12.0. The van der Waals surface area contributed by atoms with Gasteiger partial charge in [-0.05, 0) is 18.9 Å². The van der Waals surface area contributed by atoms with Gasteiger partial charge >= 0.3 is 0 Å². The van der Waals surface area contributed by atoms with Gasteiger partial charge in [0.05, 0.1) is 7.11 Å². The van der Waals surface area contributed by atoms with Gasteiger partial charge in [0.2, 0.25) is 5.88 Å². The van der Waals surface area contributed by atoms with Crippen LogP contribution in [0.15, 0.2) is 18.3 Å². The molecule has 0 saturated carbocycles. The van der Waals surface area contributed by atoms with Crippen molar-refractivity contribution in [1.82, 2.24) is 4.98 Å². The summed E-state index contributed by atoms with van der Waals surface area (Å²) in [5.41, 5.74) is -0.750. The van der Waals surface area contributed by atoms with Crippen LogP contribution in [0.25, 0.3) is 0 Å². The molecule has 0 fully saturated rings. The fraction of sp³-hybridized carbons (Fsp3) is 0.538. The first kappa shape index (κ1) is 14.4. The first-order valence-electron chi connectivity index (χ1n) is 6.09. The topological polar surface area (TPSA) is 71.5 Å². The summed E-state index contributed by atoms with van der Waals surface area (Å²) in [6, 6.07) is 3.27. The molecular weight excluding hydrogens is 232 g/mol. The number of carbonyl (C=O) groups excluding carboxylic acids is 1. The zero-order chi connectivity index (χ0) is 13.6. The van der Waals surface area contributed by atoms with Gasteiger partial charge < -0.3 is 15.2 Å². The molecule has 1 amide bonds. The number of amides is 1. The lowest BCUT2D eigenvalue weighted by Crippen LogP contribution is -2.42. The first-order chi connectivity index (χ1) is 8.55. The number of pyridine rings is 1. The number of nitrogens with zero attached hydrogens (tertiary/aromatic N) is 1. The van der Waals surface area contributed by atoms with E-state index in [0.717, 1.165) is 6.42 Å². The number of anilines is 1. The molecule has 0 aliphatic rings. The number of hydrogen-bond acceptors (Lipinski definition) is 4. The lowest BCUT2D eigenvalue weighted by atomic mass is 9.94. The molecule has 5 nitrogen and oxygen atoms in total. The lowest BCUT2D eigenvalue weighted by Gasteiger charge is -2.25. The molecule has 0 saturated heterocycles. The molecule has 1 rings (SSSR count). The third-order valence-electron chi connectivity index (χ3n) is 2.87. The van der Waals surface area contributed by atoms with Crippen LogP contribution in [0.1, 0.15) is 33.1 Å². The van der Waals surface area contributed by atoms with Crippen LogP contribution in [-0.4, -0.2) is 28.7 Å². The van der Waals surface area contributed by atoms with Crippen molar-refractivity contribution < 1.29 is 14.6 Å². The van der Waals surface area contributed by atoms with Gasteiger partial charge in [-0.1, -0.05) is 20.3 Å². The van der Waals surface area contributed by atoms with Gasteiger partial charge in [0, 0.05) is 18.0 Å². The maximum Gasteiger partial charge on any atom is 0.256 e. The number of methoxy groups -OCH3 is 1. The maximum absolute atomic E-state index is 12.0. The number of rotatable bonds is 6. The molecule has 2 N–H and O–H groups in total. The molecule has 1 aromatic rings. The monoisotopic (exact) mass is 252 g/mol. The summed E-state index contributed by atoms with van der Waals surface area (Å²) in [6.07, 6.45) is 3.11. The highest BCUT2D eigenvalue weighted by molar-refractivity contribution is 5.97. The zero-order valence-corrected chi connectivity index (χ0v) is 11.1. The summed E-state index contributed by atoms with van der Waals surface area (Å²) in [4.78, 5) is 16.0. The van der Waals surface area contributed by atoms with Crippen LogP contribution in [0.5, 0.6) is 5.88 Å². The van der Waals surface area contributed by atoms with Gasteiger partial charge in [-0.15, -0.1) is 0 Å². The van der Waals surface area contributed by atoms with E-state index >= 15 is 0 Å². The predicted molar refractivity (Wildman–Crippen MR) is 69.6 cm³/mol. The Morgan fingerprint density at radius 3 is 2.83 bits per heavy atom. The van der Waals surface area contributed by atoms with Gasteiger partial charge in [0.15, 0.2) is 0 Å². The van der Waals surface area contributed by atoms with Crippen molar-refractivity contribution in [3.05, 3.63) is 18.3 Å². The fourth-order valence-electron chi connectivity index (χ4n) is 1.71. The molecule has 18 heavy (non-hydrogen) atoms. The average Bonchev–Trinajstić information content (AvgIpc) is 2.39. The minimum absolute atomic E-state index is 0.384. The summed E-state index contributed by atoms with van der Waals surface area (Å²) in [5, 5.41) is 12.9. The number of aliphatic hydroxyl groups is 1. The molecule has 0 bridgehead atoms. The molecule has 0 aromatic carbocycles. The molecule has 0 aliphatic carbocycles. The molecular formula is C13H20N2O3. The molecule has 1 atom stereocenters. The standard InChI is InChI=1S/C13H20N2O3/c1-4-7-13(17,5-2)12(16)15-10-6-8-14-11(9-10)18-3/h6,8-9,17H,4-5,7H2,1-3H3,(H,14,15,16). The predicted octanol–water partition coefficient (Wildman–Crippen LogP) is 1.97. The number of aromatic nitrogens is 1. The molecule has 1 unspecified atom stereocenters. The van der Waals surface area contributed by atoms with Crippen LogP contribution in [0.4, 0.5) is 5.69 Å². The van der Waals surface area contributed by atoms with E-state index in [-0.39, 0.29) is 5.91 Å². The highest BCUT2D eigenvalue weighted by Gasteiger charge is 2.32. The van der Waals surface area contributed by atoms with E-state index in [9.17, 15) is 9.90 Å². The Morgan fingerprint density at radius 2 is 2.28 bits per heavy atom. The van der Waals surface area contributed by atoms with Crippen molar-refractivity contribution in [3.8, 4) is 5.88 Å². The van der Waals surface area contributed by atoms with Gasteiger partial charge in [-0.3, -0.25) is 4.79 Å². The Kier molecular flexibility index (Phi) is 5.09. The van der Waals surface area contributed by atoms with Crippen molar-refractivity contribution in [2.45, 2.75) is 38.7 Å². The van der Waals surface area contributed by atoms with Gasteiger partial charge in [-0.2, -0.15) is 0 Å². The van der Waals surface area contributed by atoms with E-state index < -0.39 is 5.60 Å². The van der Waals surface area contributed by atoms with Gasteiger partial charge in [-0.25, -0.2) is 4.98 Å². The summed E-state index contributed by atoms with van der Waals surface area (Å²) < 4.78 is 4.97. The summed E-state index contributed by atoms with van der Waals surface area (Å²) in [7, 11) is 1.51. The molecule has 1 heterocycles. The highest BCUT2D eigenvalue weighted by atomic mass is 16.5. The number of nitrogens with one attached hydrogen (secondary N) is 1. The number of ether oxygens (including phenoxy) is 1. The number of carbonyl (C=O) groups is 1. The third kappa shape index (κ3) is 3.43. The van der Waals surface area contributed by atoms with Crippen molar-refractivity contribution in [2.75, 3.05) is 12.4 Å².